The zero-order valence-electron chi connectivity index (χ0n) is 24.8. The summed E-state index contributed by atoms with van der Waals surface area (Å²) in [6.45, 7) is 7.63. The molecule has 0 spiro atoms. The van der Waals surface area contributed by atoms with Crippen LogP contribution in [0.2, 0.25) is 0 Å². The Hall–Kier alpha value is -5.17. The Labute approximate surface area is 256 Å². The van der Waals surface area contributed by atoms with Crippen LogP contribution in [0.3, 0.4) is 0 Å². The van der Waals surface area contributed by atoms with Gasteiger partial charge in [-0.3, -0.25) is 9.29 Å². The first-order chi connectivity index (χ1) is 21.0. The van der Waals surface area contributed by atoms with Gasteiger partial charge in [0.1, 0.15) is 42.8 Å². The predicted molar refractivity (Wildman–Crippen MR) is 153 cm³/mol. The number of nitrogens with zero attached hydrogens (tertiary/aromatic N) is 7. The van der Waals surface area contributed by atoms with E-state index in [-0.39, 0.29) is 22.7 Å². The van der Waals surface area contributed by atoms with Gasteiger partial charge in [0.15, 0.2) is 11.4 Å². The number of esters is 2. The maximum atomic E-state index is 12.9. The molecule has 0 aliphatic carbocycles. The van der Waals surface area contributed by atoms with Gasteiger partial charge < -0.3 is 19.1 Å². The Balaban J connectivity index is 2.77. The van der Waals surface area contributed by atoms with Crippen LogP contribution in [0.15, 0.2) is 34.5 Å². The van der Waals surface area contributed by atoms with Gasteiger partial charge in [0, 0.05) is 24.7 Å². The monoisotopic (exact) mass is 654 g/mol. The van der Waals surface area contributed by atoms with Crippen LogP contribution in [0, 0.1) is 22.7 Å². The number of azo groups is 1. The summed E-state index contributed by atoms with van der Waals surface area (Å²) in [7, 11) is -2.48. The molecule has 1 atom stereocenters. The van der Waals surface area contributed by atoms with Crippen molar-refractivity contribution in [1.82, 2.24) is 9.55 Å². The highest BCUT2D eigenvalue weighted by Gasteiger charge is 2.41. The lowest BCUT2D eigenvalue weighted by Gasteiger charge is -2.24. The fourth-order valence-corrected chi connectivity index (χ4v) is 4.33. The minimum atomic E-state index is -5.37. The van der Waals surface area contributed by atoms with Crippen LogP contribution >= 0.6 is 0 Å². The number of rotatable bonds is 14. The fraction of sp³-hybridized carbons (Fsp3) is 0.423. The Kier molecular flexibility index (Phi) is 12.0. The van der Waals surface area contributed by atoms with E-state index in [0.29, 0.717) is 18.8 Å². The average molecular weight is 655 g/mol. The molecular formula is C26H29F3N8O7S. The standard InChI is InChI=1S/C26H29F3N8O7S/c1-7-36(8-2)20-9-18(35-45(6,40)41)17(10-22(20)42-5)33-34-25-32-19(11-30)21(12-31)37(25)16(13-43-23(38)15(3)4)14-44-24(39)26(27,28)29/h9-10,16,35H,3,7-8,13-14H2,1-2,4-6H3. The molecule has 1 aromatic carbocycles. The number of anilines is 2. The number of hydrogen-bond acceptors (Lipinski definition) is 13. The first-order valence-electron chi connectivity index (χ1n) is 12.9. The van der Waals surface area contributed by atoms with E-state index >= 15 is 0 Å². The van der Waals surface area contributed by atoms with E-state index in [9.17, 15) is 41.7 Å². The zero-order valence-corrected chi connectivity index (χ0v) is 25.6. The van der Waals surface area contributed by atoms with E-state index in [1.807, 2.05) is 18.7 Å². The maximum Gasteiger partial charge on any atom is 0.490 e. The third-order valence-electron chi connectivity index (χ3n) is 5.81. The number of halogens is 3. The molecule has 1 aromatic heterocycles. The molecule has 0 saturated heterocycles. The number of carbonyl (C=O) groups is 2. The van der Waals surface area contributed by atoms with Crippen LogP contribution in [0.1, 0.15) is 38.2 Å². The molecule has 0 aliphatic heterocycles. The van der Waals surface area contributed by atoms with Crippen LogP contribution in [0.4, 0.5) is 36.2 Å². The number of aromatic nitrogens is 2. The number of methoxy groups -OCH3 is 1. The number of nitriles is 2. The Morgan fingerprint density at radius 3 is 2.27 bits per heavy atom. The van der Waals surface area contributed by atoms with E-state index < -0.39 is 64.7 Å². The van der Waals surface area contributed by atoms with E-state index in [2.05, 4.69) is 31.3 Å². The largest absolute Gasteiger partial charge is 0.494 e. The molecule has 0 bridgehead atoms. The number of benzene rings is 1. The number of alkyl halides is 3. The molecule has 0 aliphatic rings. The molecule has 15 nitrogen and oxygen atoms in total. The van der Waals surface area contributed by atoms with E-state index in [1.165, 1.54) is 26.2 Å². The molecule has 2 rings (SSSR count). The highest BCUT2D eigenvalue weighted by molar-refractivity contribution is 7.92. The second kappa shape index (κ2) is 15.0. The maximum absolute atomic E-state index is 12.9. The second-order valence-electron chi connectivity index (χ2n) is 9.12. The quantitative estimate of drug-likeness (QED) is 0.175. The van der Waals surface area contributed by atoms with Crippen LogP contribution in [0.5, 0.6) is 5.75 Å². The first-order valence-corrected chi connectivity index (χ1v) is 14.8. The van der Waals surface area contributed by atoms with Gasteiger partial charge in [0.05, 0.1) is 24.7 Å². The Morgan fingerprint density at radius 2 is 1.78 bits per heavy atom. The molecule has 1 heterocycles. The molecule has 1 N–H and O–H groups in total. The van der Waals surface area contributed by atoms with Crippen molar-refractivity contribution in [2.24, 2.45) is 10.2 Å². The highest BCUT2D eigenvalue weighted by atomic mass is 32.2. The number of nitrogens with one attached hydrogen (secondary N) is 1. The third-order valence-corrected chi connectivity index (χ3v) is 6.40. The number of imidazole rings is 1. The molecular weight excluding hydrogens is 625 g/mol. The van der Waals surface area contributed by atoms with Crippen molar-refractivity contribution in [1.29, 1.82) is 10.5 Å². The van der Waals surface area contributed by atoms with Gasteiger partial charge in [-0.25, -0.2) is 18.0 Å². The molecule has 0 saturated carbocycles. The number of hydrogen-bond donors (Lipinski definition) is 1. The van der Waals surface area contributed by atoms with Crippen LogP contribution in [-0.2, 0) is 29.1 Å². The molecule has 0 fully saturated rings. The molecule has 2 aromatic rings. The van der Waals surface area contributed by atoms with Gasteiger partial charge in [-0.05, 0) is 26.8 Å². The lowest BCUT2D eigenvalue weighted by Crippen LogP contribution is -2.30. The summed E-state index contributed by atoms with van der Waals surface area (Å²) in [5.74, 6) is -3.81. The zero-order chi connectivity index (χ0) is 34.1. The lowest BCUT2D eigenvalue weighted by atomic mass is 10.2. The number of carbonyl (C=O) groups excluding carboxylic acids is 2. The summed E-state index contributed by atoms with van der Waals surface area (Å²) in [6.07, 6.45) is -4.47. The van der Waals surface area contributed by atoms with Crippen LogP contribution < -0.4 is 14.4 Å². The SMILES string of the molecule is C=C(C)C(=O)OCC(COC(=O)C(F)(F)F)n1c(N=Nc2cc(OC)c(N(CC)CC)cc2NS(C)(=O)=O)nc(C#N)c1C#N. The molecule has 19 heteroatoms. The normalized spacial score (nSPS) is 12.1. The summed E-state index contributed by atoms with van der Waals surface area (Å²) in [6, 6.07) is 4.56. The average Bonchev–Trinajstić information content (AvgIpc) is 3.33. The van der Waals surface area contributed by atoms with Crippen molar-refractivity contribution in [3.63, 3.8) is 0 Å². The molecule has 0 radical (unpaired) electrons. The fourth-order valence-electron chi connectivity index (χ4n) is 3.76. The first kappa shape index (κ1) is 36.0. The highest BCUT2D eigenvalue weighted by Crippen LogP contribution is 2.40. The summed E-state index contributed by atoms with van der Waals surface area (Å²) in [4.78, 5) is 29.3. The van der Waals surface area contributed by atoms with Crippen molar-refractivity contribution < 1.29 is 45.4 Å². The van der Waals surface area contributed by atoms with Gasteiger partial charge in [-0.2, -0.15) is 28.7 Å². The number of sulfonamides is 1. The van der Waals surface area contributed by atoms with Crippen molar-refractivity contribution in [2.75, 3.05) is 49.3 Å². The molecule has 1 unspecified atom stereocenters. The second-order valence-corrected chi connectivity index (χ2v) is 10.9. The van der Waals surface area contributed by atoms with E-state index in [4.69, 9.17) is 9.47 Å². The predicted octanol–water partition coefficient (Wildman–Crippen LogP) is 4.03. The molecule has 242 valence electrons. The smallest absolute Gasteiger partial charge is 0.490 e. The molecule has 0 amide bonds. The van der Waals surface area contributed by atoms with Crippen LogP contribution in [-0.4, -0.2) is 75.8 Å². The van der Waals surface area contributed by atoms with Gasteiger partial charge >= 0.3 is 18.1 Å². The summed E-state index contributed by atoms with van der Waals surface area (Å²) >= 11 is 0. The van der Waals surface area contributed by atoms with Crippen molar-refractivity contribution in [2.45, 2.75) is 33.0 Å². The van der Waals surface area contributed by atoms with Gasteiger partial charge in [0.2, 0.25) is 10.0 Å². The lowest BCUT2D eigenvalue weighted by molar-refractivity contribution is -0.201. The molecule has 45 heavy (non-hydrogen) atoms. The topological polar surface area (TPSA) is 201 Å². The van der Waals surface area contributed by atoms with E-state index in [0.717, 1.165) is 10.8 Å². The minimum Gasteiger partial charge on any atom is -0.494 e. The van der Waals surface area contributed by atoms with Crippen molar-refractivity contribution >= 4 is 45.0 Å². The summed E-state index contributed by atoms with van der Waals surface area (Å²) in [5.41, 5.74) is -0.789. The van der Waals surface area contributed by atoms with Crippen LogP contribution in [0.25, 0.3) is 0 Å². The summed E-state index contributed by atoms with van der Waals surface area (Å²) in [5, 5.41) is 27.3. The summed E-state index contributed by atoms with van der Waals surface area (Å²) < 4.78 is 80.9. The Bertz CT molecular complexity index is 1670. The minimum absolute atomic E-state index is 0.0471. The Morgan fingerprint density at radius 1 is 1.16 bits per heavy atom. The van der Waals surface area contributed by atoms with Crippen molar-refractivity contribution in [3.05, 3.63) is 35.7 Å². The van der Waals surface area contributed by atoms with Gasteiger partial charge in [-0.15, -0.1) is 10.2 Å². The number of ether oxygens (including phenoxy) is 3. The third kappa shape index (κ3) is 9.41. The van der Waals surface area contributed by atoms with Gasteiger partial charge in [-0.1, -0.05) is 6.58 Å². The van der Waals surface area contributed by atoms with E-state index in [1.54, 1.807) is 12.1 Å². The van der Waals surface area contributed by atoms with Crippen molar-refractivity contribution in [3.8, 4) is 17.9 Å². The van der Waals surface area contributed by atoms with Gasteiger partial charge in [0.25, 0.3) is 5.95 Å².